The normalized spacial score (nSPS) is 10.4. The molecule has 1 heterocycles. The number of pyridine rings is 1. The van der Waals surface area contributed by atoms with Crippen molar-refractivity contribution in [2.24, 2.45) is 0 Å². The summed E-state index contributed by atoms with van der Waals surface area (Å²) in [6.45, 7) is 0.278. The van der Waals surface area contributed by atoms with Gasteiger partial charge < -0.3 is 20.1 Å². The van der Waals surface area contributed by atoms with Crippen molar-refractivity contribution in [1.29, 1.82) is 5.26 Å². The zero-order valence-corrected chi connectivity index (χ0v) is 18.5. The van der Waals surface area contributed by atoms with Crippen LogP contribution < -0.4 is 20.1 Å². The number of carbonyl (C=O) groups excluding carboxylic acids is 1. The zero-order valence-electron chi connectivity index (χ0n) is 17.7. The van der Waals surface area contributed by atoms with E-state index in [0.29, 0.717) is 45.7 Å². The highest BCUT2D eigenvalue weighted by Gasteiger charge is 2.09. The van der Waals surface area contributed by atoms with Crippen molar-refractivity contribution in [3.63, 3.8) is 0 Å². The minimum absolute atomic E-state index is 0.278. The molecule has 0 spiro atoms. The Morgan fingerprint density at radius 3 is 2.32 bits per heavy atom. The van der Waals surface area contributed by atoms with Crippen LogP contribution in [0, 0.1) is 17.1 Å². The van der Waals surface area contributed by atoms with Crippen LogP contribution in [0.15, 0.2) is 72.8 Å². The second-order valence-electron chi connectivity index (χ2n) is 7.05. The number of benzene rings is 3. The Balaban J connectivity index is 1.43. The third-order valence-corrected chi connectivity index (χ3v) is 4.81. The Morgan fingerprint density at radius 1 is 1.00 bits per heavy atom. The lowest BCUT2D eigenvalue weighted by Gasteiger charge is -2.10. The van der Waals surface area contributed by atoms with Crippen molar-refractivity contribution >= 4 is 39.9 Å². The topological polar surface area (TPSA) is 96.3 Å². The van der Waals surface area contributed by atoms with Gasteiger partial charge in [-0.25, -0.2) is 14.2 Å². The van der Waals surface area contributed by atoms with Crippen LogP contribution in [0.3, 0.4) is 0 Å². The molecule has 0 aliphatic heterocycles. The molecule has 0 bridgehead atoms. The Morgan fingerprint density at radius 2 is 1.68 bits per heavy atom. The number of urea groups is 1. The SMILES string of the molecule is N#Cc1cc2ccc(Oc3ccc(NC(=O)Nc4ccc(F)cc4)cc3)nc2cc1OCCCl. The van der Waals surface area contributed by atoms with Gasteiger partial charge in [-0.15, -0.1) is 11.6 Å². The predicted octanol–water partition coefficient (Wildman–Crippen LogP) is 6.30. The molecule has 0 unspecified atom stereocenters. The van der Waals surface area contributed by atoms with E-state index in [1.807, 2.05) is 0 Å². The first kappa shape index (κ1) is 22.8. The highest BCUT2D eigenvalue weighted by Crippen LogP contribution is 2.28. The zero-order chi connectivity index (χ0) is 23.9. The van der Waals surface area contributed by atoms with E-state index in [1.54, 1.807) is 48.5 Å². The number of nitrogens with zero attached hydrogens (tertiary/aromatic N) is 2. The molecule has 0 saturated heterocycles. The van der Waals surface area contributed by atoms with Gasteiger partial charge in [0.15, 0.2) is 0 Å². The molecule has 2 N–H and O–H groups in total. The van der Waals surface area contributed by atoms with E-state index in [1.165, 1.54) is 24.3 Å². The van der Waals surface area contributed by atoms with Crippen LogP contribution in [0.4, 0.5) is 20.6 Å². The quantitative estimate of drug-likeness (QED) is 0.305. The number of hydrogen-bond donors (Lipinski definition) is 2. The number of halogens is 2. The van der Waals surface area contributed by atoms with E-state index in [9.17, 15) is 14.4 Å². The number of nitrogens with one attached hydrogen (secondary N) is 2. The summed E-state index contributed by atoms with van der Waals surface area (Å²) in [6.07, 6.45) is 0. The number of amides is 2. The third kappa shape index (κ3) is 5.71. The first-order valence-corrected chi connectivity index (χ1v) is 10.7. The molecule has 1 aromatic heterocycles. The van der Waals surface area contributed by atoms with E-state index in [4.69, 9.17) is 21.1 Å². The first-order chi connectivity index (χ1) is 16.5. The van der Waals surface area contributed by atoms with E-state index in [2.05, 4.69) is 21.7 Å². The van der Waals surface area contributed by atoms with Gasteiger partial charge in [0.05, 0.1) is 17.0 Å². The fraction of sp³-hybridized carbons (Fsp3) is 0.0800. The Kier molecular flexibility index (Phi) is 7.06. The highest BCUT2D eigenvalue weighted by atomic mass is 35.5. The largest absolute Gasteiger partial charge is 0.491 e. The molecule has 0 saturated carbocycles. The number of fused-ring (bicyclic) bond motifs is 1. The van der Waals surface area contributed by atoms with Crippen LogP contribution in [0.1, 0.15) is 5.56 Å². The van der Waals surface area contributed by atoms with Crippen molar-refractivity contribution in [1.82, 2.24) is 4.98 Å². The van der Waals surface area contributed by atoms with Gasteiger partial charge in [-0.2, -0.15) is 5.26 Å². The second kappa shape index (κ2) is 10.5. The smallest absolute Gasteiger partial charge is 0.323 e. The molecule has 3 aromatic carbocycles. The van der Waals surface area contributed by atoms with Gasteiger partial charge in [-0.05, 0) is 60.7 Å². The molecule has 9 heteroatoms. The summed E-state index contributed by atoms with van der Waals surface area (Å²) in [7, 11) is 0. The fourth-order valence-electron chi connectivity index (χ4n) is 3.10. The van der Waals surface area contributed by atoms with Crippen LogP contribution in [0.25, 0.3) is 10.9 Å². The number of hydrogen-bond acceptors (Lipinski definition) is 5. The van der Waals surface area contributed by atoms with E-state index in [0.717, 1.165) is 5.39 Å². The Labute approximate surface area is 199 Å². The molecule has 4 aromatic rings. The van der Waals surface area contributed by atoms with Gasteiger partial charge in [0.2, 0.25) is 5.88 Å². The standard InChI is InChI=1S/C25H18ClFN4O3/c26-11-12-33-23-14-22-16(13-17(23)15-28)1-10-24(31-22)34-21-8-6-20(7-9-21)30-25(32)29-19-4-2-18(27)3-5-19/h1-10,13-14H,11-12H2,(H2,29,30,32). The molecule has 2 amide bonds. The molecule has 0 aliphatic rings. The van der Waals surface area contributed by atoms with Gasteiger partial charge in [0.1, 0.15) is 30.0 Å². The lowest BCUT2D eigenvalue weighted by atomic mass is 10.1. The molecule has 0 aliphatic carbocycles. The van der Waals surface area contributed by atoms with Crippen molar-refractivity contribution in [2.45, 2.75) is 0 Å². The van der Waals surface area contributed by atoms with E-state index >= 15 is 0 Å². The molecule has 0 atom stereocenters. The van der Waals surface area contributed by atoms with Gasteiger partial charge in [-0.1, -0.05) is 0 Å². The number of ether oxygens (including phenoxy) is 2. The lowest BCUT2D eigenvalue weighted by Crippen LogP contribution is -2.19. The fourth-order valence-corrected chi connectivity index (χ4v) is 3.18. The molecule has 0 radical (unpaired) electrons. The average molecular weight is 477 g/mol. The summed E-state index contributed by atoms with van der Waals surface area (Å²) in [6, 6.07) is 20.7. The minimum Gasteiger partial charge on any atom is -0.491 e. The van der Waals surface area contributed by atoms with Gasteiger partial charge >= 0.3 is 6.03 Å². The molecule has 170 valence electrons. The van der Waals surface area contributed by atoms with Crippen LogP contribution in [0.5, 0.6) is 17.4 Å². The van der Waals surface area contributed by atoms with Crippen molar-refractivity contribution in [3.8, 4) is 23.4 Å². The maximum atomic E-state index is 13.0. The average Bonchev–Trinajstić information content (AvgIpc) is 2.84. The number of anilines is 2. The lowest BCUT2D eigenvalue weighted by molar-refractivity contribution is 0.262. The number of carbonyl (C=O) groups is 1. The monoisotopic (exact) mass is 476 g/mol. The molecule has 0 fully saturated rings. The van der Waals surface area contributed by atoms with Gasteiger partial charge in [0, 0.05) is 28.9 Å². The van der Waals surface area contributed by atoms with Crippen LogP contribution in [-0.4, -0.2) is 23.5 Å². The van der Waals surface area contributed by atoms with Gasteiger partial charge in [-0.3, -0.25) is 0 Å². The predicted molar refractivity (Wildman–Crippen MR) is 128 cm³/mol. The summed E-state index contributed by atoms with van der Waals surface area (Å²) in [5.41, 5.74) is 2.03. The summed E-state index contributed by atoms with van der Waals surface area (Å²) in [4.78, 5) is 16.6. The summed E-state index contributed by atoms with van der Waals surface area (Å²) in [5.74, 6) is 1.21. The van der Waals surface area contributed by atoms with E-state index < -0.39 is 6.03 Å². The molecular formula is C25H18ClFN4O3. The number of alkyl halides is 1. The summed E-state index contributed by atoms with van der Waals surface area (Å²) in [5, 5.41) is 15.4. The molecular weight excluding hydrogens is 459 g/mol. The van der Waals surface area contributed by atoms with Crippen molar-refractivity contribution < 1.29 is 18.7 Å². The summed E-state index contributed by atoms with van der Waals surface area (Å²) >= 11 is 5.68. The number of rotatable bonds is 7. The minimum atomic E-state index is -0.458. The Bertz CT molecular complexity index is 1360. The maximum absolute atomic E-state index is 13.0. The van der Waals surface area contributed by atoms with E-state index in [-0.39, 0.29) is 12.4 Å². The third-order valence-electron chi connectivity index (χ3n) is 4.66. The number of aromatic nitrogens is 1. The second-order valence-corrected chi connectivity index (χ2v) is 7.43. The highest BCUT2D eigenvalue weighted by molar-refractivity contribution is 6.18. The molecule has 34 heavy (non-hydrogen) atoms. The Hall–Kier alpha value is -4.35. The van der Waals surface area contributed by atoms with Crippen LogP contribution in [0.2, 0.25) is 0 Å². The summed E-state index contributed by atoms with van der Waals surface area (Å²) < 4.78 is 24.3. The molecule has 4 rings (SSSR count). The van der Waals surface area contributed by atoms with Gasteiger partial charge in [0.25, 0.3) is 0 Å². The van der Waals surface area contributed by atoms with Crippen LogP contribution >= 0.6 is 11.6 Å². The maximum Gasteiger partial charge on any atom is 0.323 e. The van der Waals surface area contributed by atoms with Crippen LogP contribution in [-0.2, 0) is 0 Å². The first-order valence-electron chi connectivity index (χ1n) is 10.2. The number of nitriles is 1. The van der Waals surface area contributed by atoms with Crippen molar-refractivity contribution in [2.75, 3.05) is 23.1 Å². The molecule has 7 nitrogen and oxygen atoms in total. The van der Waals surface area contributed by atoms with Crippen molar-refractivity contribution in [3.05, 3.63) is 84.2 Å².